The fraction of sp³-hybridized carbons (Fsp3) is 0.846. The normalized spacial score (nSPS) is 25.4. The Morgan fingerprint density at radius 1 is 1.41 bits per heavy atom. The number of rotatable bonds is 3. The summed E-state index contributed by atoms with van der Waals surface area (Å²) < 4.78 is 1.93. The number of hydrogen-bond donors (Lipinski definition) is 1. The van der Waals surface area contributed by atoms with Gasteiger partial charge in [0.15, 0.2) is 0 Å². The maximum Gasteiger partial charge on any atom is 0.0965 e. The van der Waals surface area contributed by atoms with Crippen LogP contribution in [0, 0.1) is 5.92 Å². The van der Waals surface area contributed by atoms with Gasteiger partial charge in [0.1, 0.15) is 0 Å². The van der Waals surface area contributed by atoms with E-state index in [-0.39, 0.29) is 5.54 Å². The van der Waals surface area contributed by atoms with Gasteiger partial charge in [-0.3, -0.25) is 0 Å². The molecular formula is C13H24N4. The molecule has 4 nitrogen and oxygen atoms in total. The summed E-state index contributed by atoms with van der Waals surface area (Å²) in [5, 5.41) is 12.0. The second-order valence-corrected chi connectivity index (χ2v) is 6.22. The Labute approximate surface area is 104 Å². The molecule has 1 aliphatic rings. The van der Waals surface area contributed by atoms with Crippen LogP contribution in [0.3, 0.4) is 0 Å². The Kier molecular flexibility index (Phi) is 3.52. The number of aromatic nitrogens is 3. The highest BCUT2D eigenvalue weighted by Crippen LogP contribution is 2.24. The minimum Gasteiger partial charge on any atom is -0.308 e. The summed E-state index contributed by atoms with van der Waals surface area (Å²) in [5.74, 6) is 0.799. The van der Waals surface area contributed by atoms with Crippen LogP contribution >= 0.6 is 0 Å². The first-order valence-electron chi connectivity index (χ1n) is 6.62. The van der Waals surface area contributed by atoms with Crippen LogP contribution in [-0.2, 0) is 12.1 Å². The van der Waals surface area contributed by atoms with Crippen molar-refractivity contribution < 1.29 is 0 Å². The molecule has 96 valence electrons. The quantitative estimate of drug-likeness (QED) is 0.875. The van der Waals surface area contributed by atoms with E-state index >= 15 is 0 Å². The second-order valence-electron chi connectivity index (χ2n) is 6.22. The van der Waals surface area contributed by atoms with Crippen LogP contribution in [0.1, 0.15) is 52.7 Å². The van der Waals surface area contributed by atoms with Crippen LogP contribution in [-0.4, -0.2) is 21.0 Å². The molecule has 0 radical (unpaired) electrons. The van der Waals surface area contributed by atoms with Crippen LogP contribution in [0.4, 0.5) is 0 Å². The molecule has 0 aromatic carbocycles. The Morgan fingerprint density at radius 2 is 2.18 bits per heavy atom. The van der Waals surface area contributed by atoms with E-state index in [1.165, 1.54) is 19.3 Å². The molecule has 0 spiro atoms. The van der Waals surface area contributed by atoms with Gasteiger partial charge in [-0.1, -0.05) is 18.6 Å². The smallest absolute Gasteiger partial charge is 0.0965 e. The van der Waals surface area contributed by atoms with Crippen molar-refractivity contribution in [3.8, 4) is 0 Å². The molecule has 1 heterocycles. The van der Waals surface area contributed by atoms with Gasteiger partial charge in [-0.25, -0.2) is 4.68 Å². The van der Waals surface area contributed by atoms with Gasteiger partial charge in [-0.2, -0.15) is 0 Å². The third-order valence-corrected chi connectivity index (χ3v) is 3.63. The van der Waals surface area contributed by atoms with Crippen molar-refractivity contribution in [3.05, 3.63) is 11.9 Å². The summed E-state index contributed by atoms with van der Waals surface area (Å²) in [7, 11) is 0. The van der Waals surface area contributed by atoms with E-state index in [1.54, 1.807) is 0 Å². The Morgan fingerprint density at radius 3 is 2.71 bits per heavy atom. The molecule has 1 fully saturated rings. The summed E-state index contributed by atoms with van der Waals surface area (Å²) >= 11 is 0. The third-order valence-electron chi connectivity index (χ3n) is 3.63. The largest absolute Gasteiger partial charge is 0.308 e. The molecule has 0 saturated heterocycles. The van der Waals surface area contributed by atoms with Gasteiger partial charge >= 0.3 is 0 Å². The van der Waals surface area contributed by atoms with Gasteiger partial charge in [0.05, 0.1) is 17.4 Å². The van der Waals surface area contributed by atoms with Crippen LogP contribution in [0.5, 0.6) is 0 Å². The van der Waals surface area contributed by atoms with Gasteiger partial charge in [0, 0.05) is 12.6 Å². The molecule has 0 bridgehead atoms. The van der Waals surface area contributed by atoms with Crippen molar-refractivity contribution in [1.82, 2.24) is 20.3 Å². The molecule has 17 heavy (non-hydrogen) atoms. The van der Waals surface area contributed by atoms with Crippen LogP contribution < -0.4 is 5.32 Å². The fourth-order valence-electron chi connectivity index (χ4n) is 2.39. The average molecular weight is 236 g/mol. The molecule has 1 saturated carbocycles. The molecule has 0 aliphatic heterocycles. The summed E-state index contributed by atoms with van der Waals surface area (Å²) in [6.07, 6.45) is 6.06. The minimum atomic E-state index is 0.0197. The maximum absolute atomic E-state index is 4.22. The van der Waals surface area contributed by atoms with E-state index in [0.29, 0.717) is 6.04 Å². The standard InChI is InChI=1S/C13H24N4/c1-10-6-5-7-12(10)14-8-11-9-17(16-15-11)13(2,3)4/h9-10,12,14H,5-8H2,1-4H3. The highest BCUT2D eigenvalue weighted by Gasteiger charge is 2.23. The lowest BCUT2D eigenvalue weighted by atomic mass is 10.1. The van der Waals surface area contributed by atoms with Gasteiger partial charge in [0.2, 0.25) is 0 Å². The summed E-state index contributed by atoms with van der Waals surface area (Å²) in [5.41, 5.74) is 1.06. The molecule has 1 aromatic heterocycles. The van der Waals surface area contributed by atoms with Crippen molar-refractivity contribution in [1.29, 1.82) is 0 Å². The highest BCUT2D eigenvalue weighted by atomic mass is 15.4. The van der Waals surface area contributed by atoms with Crippen molar-refractivity contribution in [2.45, 2.75) is 65.1 Å². The zero-order valence-electron chi connectivity index (χ0n) is 11.4. The van der Waals surface area contributed by atoms with Gasteiger partial charge in [-0.15, -0.1) is 5.10 Å². The summed E-state index contributed by atoms with van der Waals surface area (Å²) in [4.78, 5) is 0. The van der Waals surface area contributed by atoms with Gasteiger partial charge in [0.25, 0.3) is 0 Å². The van der Waals surface area contributed by atoms with E-state index < -0.39 is 0 Å². The van der Waals surface area contributed by atoms with Gasteiger partial charge < -0.3 is 5.32 Å². The van der Waals surface area contributed by atoms with Crippen LogP contribution in [0.15, 0.2) is 6.20 Å². The SMILES string of the molecule is CC1CCCC1NCc1cn(C(C)(C)C)nn1. The molecule has 0 amide bonds. The molecule has 2 unspecified atom stereocenters. The monoisotopic (exact) mass is 236 g/mol. The molecule has 4 heteroatoms. The fourth-order valence-corrected chi connectivity index (χ4v) is 2.39. The predicted octanol–water partition coefficient (Wildman–Crippen LogP) is 2.31. The minimum absolute atomic E-state index is 0.0197. The Bertz CT molecular complexity index is 364. The lowest BCUT2D eigenvalue weighted by molar-refractivity contribution is 0.346. The van der Waals surface area contributed by atoms with Crippen molar-refractivity contribution >= 4 is 0 Å². The number of nitrogens with zero attached hydrogens (tertiary/aromatic N) is 3. The van der Waals surface area contributed by atoms with E-state index in [2.05, 4.69) is 43.3 Å². The van der Waals surface area contributed by atoms with Crippen molar-refractivity contribution in [2.75, 3.05) is 0 Å². The second kappa shape index (κ2) is 4.77. The predicted molar refractivity (Wildman–Crippen MR) is 68.7 cm³/mol. The molecule has 1 aromatic rings. The van der Waals surface area contributed by atoms with Gasteiger partial charge in [-0.05, 0) is 39.5 Å². The first kappa shape index (κ1) is 12.6. The number of hydrogen-bond acceptors (Lipinski definition) is 3. The number of nitrogens with one attached hydrogen (secondary N) is 1. The lowest BCUT2D eigenvalue weighted by Crippen LogP contribution is -2.30. The van der Waals surface area contributed by atoms with Crippen LogP contribution in [0.25, 0.3) is 0 Å². The van der Waals surface area contributed by atoms with E-state index in [0.717, 1.165) is 18.2 Å². The highest BCUT2D eigenvalue weighted by molar-refractivity contribution is 4.95. The lowest BCUT2D eigenvalue weighted by Gasteiger charge is -2.18. The molecule has 2 rings (SSSR count). The van der Waals surface area contributed by atoms with Crippen LogP contribution in [0.2, 0.25) is 0 Å². The van der Waals surface area contributed by atoms with E-state index in [4.69, 9.17) is 0 Å². The third kappa shape index (κ3) is 3.06. The maximum atomic E-state index is 4.22. The molecule has 1 aliphatic carbocycles. The first-order valence-corrected chi connectivity index (χ1v) is 6.62. The topological polar surface area (TPSA) is 42.7 Å². The Hall–Kier alpha value is -0.900. The molecule has 1 N–H and O–H groups in total. The zero-order valence-corrected chi connectivity index (χ0v) is 11.4. The van der Waals surface area contributed by atoms with Crippen molar-refractivity contribution in [2.24, 2.45) is 5.92 Å². The Balaban J connectivity index is 1.89. The summed E-state index contributed by atoms with van der Waals surface area (Å²) in [6, 6.07) is 0.662. The van der Waals surface area contributed by atoms with E-state index in [9.17, 15) is 0 Å². The average Bonchev–Trinajstić information content (AvgIpc) is 2.82. The molecular weight excluding hydrogens is 212 g/mol. The molecule has 2 atom stereocenters. The summed E-state index contributed by atoms with van der Waals surface area (Å²) in [6.45, 7) is 9.58. The zero-order chi connectivity index (χ0) is 12.5. The van der Waals surface area contributed by atoms with E-state index in [1.807, 2.05) is 10.9 Å². The first-order chi connectivity index (χ1) is 7.97. The van der Waals surface area contributed by atoms with Crippen molar-refractivity contribution in [3.63, 3.8) is 0 Å².